The molecular formula is C14H16BrFN2O3. The molecule has 0 aliphatic heterocycles. The van der Waals surface area contributed by atoms with E-state index in [4.69, 9.17) is 5.11 Å². The lowest BCUT2D eigenvalue weighted by atomic mass is 9.96. The van der Waals surface area contributed by atoms with Crippen molar-refractivity contribution in [1.29, 1.82) is 0 Å². The summed E-state index contributed by atoms with van der Waals surface area (Å²) in [5.74, 6) is -1.63. The molecule has 1 aromatic carbocycles. The number of carboxylic acids is 1. The standard InChI is InChI=1S/C14H16BrFN2O3/c15-11-6-9(4-5-12(11)16)18-14(21)17-7-8-2-1-3-10(8)13(19)20/h4-6,8,10H,1-3,7H2,(H,19,20)(H2,17,18,21). The number of benzene rings is 1. The highest BCUT2D eigenvalue weighted by atomic mass is 79.9. The van der Waals surface area contributed by atoms with Crippen LogP contribution in [0.25, 0.3) is 0 Å². The number of hydrogen-bond donors (Lipinski definition) is 3. The maximum absolute atomic E-state index is 13.1. The fourth-order valence-corrected chi connectivity index (χ4v) is 2.96. The molecule has 0 aromatic heterocycles. The minimum atomic E-state index is -0.804. The van der Waals surface area contributed by atoms with Crippen molar-refractivity contribution in [2.24, 2.45) is 11.8 Å². The van der Waals surface area contributed by atoms with Crippen LogP contribution >= 0.6 is 15.9 Å². The monoisotopic (exact) mass is 358 g/mol. The average Bonchev–Trinajstić information content (AvgIpc) is 2.89. The van der Waals surface area contributed by atoms with Gasteiger partial charge in [-0.3, -0.25) is 4.79 Å². The van der Waals surface area contributed by atoms with Gasteiger partial charge in [-0.1, -0.05) is 6.42 Å². The van der Waals surface area contributed by atoms with Gasteiger partial charge in [-0.2, -0.15) is 0 Å². The normalized spacial score (nSPS) is 21.0. The summed E-state index contributed by atoms with van der Waals surface area (Å²) in [6, 6.07) is 3.74. The molecule has 0 saturated heterocycles. The van der Waals surface area contributed by atoms with Crippen LogP contribution in [0.1, 0.15) is 19.3 Å². The van der Waals surface area contributed by atoms with Crippen LogP contribution < -0.4 is 10.6 Å². The topological polar surface area (TPSA) is 78.4 Å². The third-order valence-electron chi connectivity index (χ3n) is 3.68. The van der Waals surface area contributed by atoms with E-state index in [1.54, 1.807) is 0 Å². The van der Waals surface area contributed by atoms with Gasteiger partial charge in [0, 0.05) is 12.2 Å². The Kier molecular flexibility index (Phi) is 5.17. The number of carbonyl (C=O) groups is 2. The molecule has 3 N–H and O–H groups in total. The molecule has 5 nitrogen and oxygen atoms in total. The number of carboxylic acid groups (broad SMARTS) is 1. The zero-order chi connectivity index (χ0) is 15.4. The number of halogens is 2. The maximum atomic E-state index is 13.1. The Morgan fingerprint density at radius 1 is 1.38 bits per heavy atom. The highest BCUT2D eigenvalue weighted by molar-refractivity contribution is 9.10. The van der Waals surface area contributed by atoms with Crippen molar-refractivity contribution < 1.29 is 19.1 Å². The molecule has 21 heavy (non-hydrogen) atoms. The molecule has 0 spiro atoms. The van der Waals surface area contributed by atoms with Crippen molar-refractivity contribution in [3.63, 3.8) is 0 Å². The van der Waals surface area contributed by atoms with E-state index in [0.29, 0.717) is 18.7 Å². The third-order valence-corrected chi connectivity index (χ3v) is 4.29. The third kappa shape index (κ3) is 4.17. The summed E-state index contributed by atoms with van der Waals surface area (Å²) < 4.78 is 13.3. The van der Waals surface area contributed by atoms with E-state index in [9.17, 15) is 14.0 Å². The van der Waals surface area contributed by atoms with Gasteiger partial charge in [-0.15, -0.1) is 0 Å². The molecule has 0 bridgehead atoms. The Hall–Kier alpha value is -1.63. The number of anilines is 1. The van der Waals surface area contributed by atoms with Crippen LogP contribution in [0.15, 0.2) is 22.7 Å². The second-order valence-electron chi connectivity index (χ2n) is 5.10. The van der Waals surface area contributed by atoms with Crippen molar-refractivity contribution in [3.05, 3.63) is 28.5 Å². The van der Waals surface area contributed by atoms with Crippen molar-refractivity contribution in [2.75, 3.05) is 11.9 Å². The van der Waals surface area contributed by atoms with Crippen molar-refractivity contribution in [3.8, 4) is 0 Å². The lowest BCUT2D eigenvalue weighted by molar-refractivity contribution is -0.142. The molecule has 1 aliphatic carbocycles. The number of amides is 2. The molecule has 2 atom stereocenters. The van der Waals surface area contributed by atoms with Gasteiger partial charge in [-0.05, 0) is 52.9 Å². The Balaban J connectivity index is 1.84. The van der Waals surface area contributed by atoms with E-state index in [2.05, 4.69) is 26.6 Å². The lowest BCUT2D eigenvalue weighted by Crippen LogP contribution is -2.35. The van der Waals surface area contributed by atoms with Crippen molar-refractivity contribution >= 4 is 33.6 Å². The first-order valence-electron chi connectivity index (χ1n) is 6.70. The Labute approximate surface area is 130 Å². The second-order valence-corrected chi connectivity index (χ2v) is 5.95. The molecule has 1 fully saturated rings. The molecule has 1 aromatic rings. The second kappa shape index (κ2) is 6.89. The summed E-state index contributed by atoms with van der Waals surface area (Å²) in [7, 11) is 0. The fourth-order valence-electron chi connectivity index (χ4n) is 2.58. The average molecular weight is 359 g/mol. The first kappa shape index (κ1) is 15.8. The van der Waals surface area contributed by atoms with Crippen LogP contribution in [0.3, 0.4) is 0 Å². The smallest absolute Gasteiger partial charge is 0.319 e. The van der Waals surface area contributed by atoms with Crippen LogP contribution in [-0.4, -0.2) is 23.7 Å². The number of nitrogens with one attached hydrogen (secondary N) is 2. The van der Waals surface area contributed by atoms with Gasteiger partial charge >= 0.3 is 12.0 Å². The molecule has 0 radical (unpaired) electrons. The van der Waals surface area contributed by atoms with E-state index in [-0.39, 0.29) is 16.3 Å². The van der Waals surface area contributed by atoms with Gasteiger partial charge < -0.3 is 15.7 Å². The van der Waals surface area contributed by atoms with Gasteiger partial charge in [0.1, 0.15) is 5.82 Å². The van der Waals surface area contributed by atoms with Crippen LogP contribution in [0.5, 0.6) is 0 Å². The molecule has 7 heteroatoms. The fraction of sp³-hybridized carbons (Fsp3) is 0.429. The van der Waals surface area contributed by atoms with E-state index in [1.165, 1.54) is 18.2 Å². The van der Waals surface area contributed by atoms with Crippen LogP contribution in [-0.2, 0) is 4.79 Å². The summed E-state index contributed by atoms with van der Waals surface area (Å²) in [5, 5.41) is 14.3. The zero-order valence-electron chi connectivity index (χ0n) is 11.2. The van der Waals surface area contributed by atoms with Gasteiger partial charge in [0.05, 0.1) is 10.4 Å². The first-order chi connectivity index (χ1) is 9.97. The number of rotatable bonds is 4. The van der Waals surface area contributed by atoms with Crippen LogP contribution in [0, 0.1) is 17.7 Å². The largest absolute Gasteiger partial charge is 0.481 e. The van der Waals surface area contributed by atoms with Crippen LogP contribution in [0.2, 0.25) is 0 Å². The summed E-state index contributed by atoms with van der Waals surface area (Å²) in [4.78, 5) is 22.8. The highest BCUT2D eigenvalue weighted by Gasteiger charge is 2.32. The SMILES string of the molecule is O=C(NCC1CCCC1C(=O)O)Nc1ccc(F)c(Br)c1. The van der Waals surface area contributed by atoms with Gasteiger partial charge in [0.15, 0.2) is 0 Å². The summed E-state index contributed by atoms with van der Waals surface area (Å²) in [6.45, 7) is 0.325. The quantitative estimate of drug-likeness (QED) is 0.773. The molecule has 114 valence electrons. The van der Waals surface area contributed by atoms with E-state index >= 15 is 0 Å². The van der Waals surface area contributed by atoms with E-state index in [0.717, 1.165) is 12.8 Å². The highest BCUT2D eigenvalue weighted by Crippen LogP contribution is 2.31. The lowest BCUT2D eigenvalue weighted by Gasteiger charge is -2.16. The van der Waals surface area contributed by atoms with Gasteiger partial charge in [-0.25, -0.2) is 9.18 Å². The number of urea groups is 1. The molecule has 1 saturated carbocycles. The van der Waals surface area contributed by atoms with E-state index in [1.807, 2.05) is 0 Å². The number of hydrogen-bond acceptors (Lipinski definition) is 2. The Bertz CT molecular complexity index is 553. The van der Waals surface area contributed by atoms with Crippen molar-refractivity contribution in [2.45, 2.75) is 19.3 Å². The molecule has 2 unspecified atom stereocenters. The van der Waals surface area contributed by atoms with Crippen molar-refractivity contribution in [1.82, 2.24) is 5.32 Å². The molecule has 0 heterocycles. The molecule has 2 rings (SSSR count). The molecule has 2 amide bonds. The summed E-state index contributed by atoms with van der Waals surface area (Å²) in [5.41, 5.74) is 0.460. The maximum Gasteiger partial charge on any atom is 0.319 e. The van der Waals surface area contributed by atoms with E-state index < -0.39 is 17.8 Å². The zero-order valence-corrected chi connectivity index (χ0v) is 12.8. The number of carbonyl (C=O) groups excluding carboxylic acids is 1. The first-order valence-corrected chi connectivity index (χ1v) is 7.49. The minimum Gasteiger partial charge on any atom is -0.481 e. The van der Waals surface area contributed by atoms with Gasteiger partial charge in [0.2, 0.25) is 0 Å². The summed E-state index contributed by atoms with van der Waals surface area (Å²) >= 11 is 3.04. The predicted octanol–water partition coefficient (Wildman–Crippen LogP) is 3.21. The van der Waals surface area contributed by atoms with Crippen LogP contribution in [0.4, 0.5) is 14.9 Å². The molecular weight excluding hydrogens is 343 g/mol. The van der Waals surface area contributed by atoms with Gasteiger partial charge in [0.25, 0.3) is 0 Å². The number of aliphatic carboxylic acids is 1. The molecule has 1 aliphatic rings. The predicted molar refractivity (Wildman–Crippen MR) is 79.6 cm³/mol. The Morgan fingerprint density at radius 2 is 2.14 bits per heavy atom. The Morgan fingerprint density at radius 3 is 2.81 bits per heavy atom. The minimum absolute atomic E-state index is 0.0341. The summed E-state index contributed by atoms with van der Waals surface area (Å²) in [6.07, 6.45) is 2.34.